The molecule has 0 unspecified atom stereocenters. The highest BCUT2D eigenvalue weighted by Crippen LogP contribution is 2.42. The Morgan fingerprint density at radius 2 is 1.83 bits per heavy atom. The molecule has 6 heteroatoms. The van der Waals surface area contributed by atoms with E-state index in [4.69, 9.17) is 9.47 Å². The second-order valence-corrected chi connectivity index (χ2v) is 5.15. The van der Waals surface area contributed by atoms with Crippen molar-refractivity contribution in [1.29, 1.82) is 0 Å². The number of esters is 2. The van der Waals surface area contributed by atoms with Gasteiger partial charge in [0.05, 0.1) is 13.2 Å². The number of carbonyl (C=O) groups is 2. The fourth-order valence-electron chi connectivity index (χ4n) is 2.12. The predicted molar refractivity (Wildman–Crippen MR) is 83.3 cm³/mol. The number of ether oxygens (including phenoxy) is 2. The largest absolute Gasteiger partial charge is 0.462 e. The number of rotatable bonds is 7. The summed E-state index contributed by atoms with van der Waals surface area (Å²) < 4.78 is 23.4. The van der Waals surface area contributed by atoms with Gasteiger partial charge in [-0.05, 0) is 56.4 Å². The summed E-state index contributed by atoms with van der Waals surface area (Å²) in [5, 5.41) is 2.84. The number of carbonyl (C=O) groups excluding carboxylic acids is 2. The number of benzene rings is 1. The Labute approximate surface area is 134 Å². The molecule has 23 heavy (non-hydrogen) atoms. The minimum atomic E-state index is -0.761. The maximum Gasteiger partial charge on any atom is 0.347 e. The van der Waals surface area contributed by atoms with Crippen LogP contribution in [0.2, 0.25) is 0 Å². The number of hydrogen-bond donors (Lipinski definition) is 1. The third-order valence-electron chi connectivity index (χ3n) is 3.39. The summed E-state index contributed by atoms with van der Waals surface area (Å²) >= 11 is 0. The molecule has 1 aliphatic carbocycles. The van der Waals surface area contributed by atoms with E-state index in [9.17, 15) is 14.0 Å². The van der Waals surface area contributed by atoms with Gasteiger partial charge in [0.2, 0.25) is 0 Å². The lowest BCUT2D eigenvalue weighted by molar-refractivity contribution is -0.146. The molecule has 0 bridgehead atoms. The van der Waals surface area contributed by atoms with Gasteiger partial charge in [-0.15, -0.1) is 0 Å². The predicted octanol–water partition coefficient (Wildman–Crippen LogP) is 3.13. The summed E-state index contributed by atoms with van der Waals surface area (Å²) in [7, 11) is 0. The molecular weight excluding hydrogens is 301 g/mol. The standard InChI is InChI=1S/C17H20FNO4/c1-3-22-16(20)14(17(21)23-4-2)10-19-12-7-8-15(18)13(9-12)11-5-6-11/h7-11,19H,3-6H2,1-2H3. The zero-order valence-corrected chi connectivity index (χ0v) is 13.2. The minimum absolute atomic E-state index is 0.151. The first-order chi connectivity index (χ1) is 11.1. The first kappa shape index (κ1) is 17.0. The van der Waals surface area contributed by atoms with Crippen LogP contribution in [0.15, 0.2) is 30.0 Å². The van der Waals surface area contributed by atoms with Gasteiger partial charge in [-0.2, -0.15) is 0 Å². The molecule has 0 spiro atoms. The van der Waals surface area contributed by atoms with Crippen molar-refractivity contribution in [3.05, 3.63) is 41.4 Å². The lowest BCUT2D eigenvalue weighted by Crippen LogP contribution is -2.19. The maximum absolute atomic E-state index is 13.7. The molecular formula is C17H20FNO4. The Bertz CT molecular complexity index is 603. The molecule has 1 aromatic carbocycles. The second kappa shape index (κ2) is 7.76. The van der Waals surface area contributed by atoms with Crippen molar-refractivity contribution in [1.82, 2.24) is 0 Å². The third-order valence-corrected chi connectivity index (χ3v) is 3.39. The molecule has 1 aliphatic rings. The molecule has 124 valence electrons. The van der Waals surface area contributed by atoms with E-state index >= 15 is 0 Å². The average Bonchev–Trinajstić information content (AvgIpc) is 3.34. The van der Waals surface area contributed by atoms with Crippen LogP contribution in [0, 0.1) is 5.82 Å². The summed E-state index contributed by atoms with van der Waals surface area (Å²) in [6.07, 6.45) is 3.19. The first-order valence-corrected chi connectivity index (χ1v) is 7.67. The van der Waals surface area contributed by atoms with Crippen LogP contribution in [0.25, 0.3) is 0 Å². The van der Waals surface area contributed by atoms with Crippen LogP contribution >= 0.6 is 0 Å². The molecule has 0 aliphatic heterocycles. The Kier molecular flexibility index (Phi) is 5.73. The van der Waals surface area contributed by atoms with Crippen LogP contribution in [-0.4, -0.2) is 25.2 Å². The molecule has 0 atom stereocenters. The van der Waals surface area contributed by atoms with Crippen molar-refractivity contribution >= 4 is 17.6 Å². The first-order valence-electron chi connectivity index (χ1n) is 7.67. The molecule has 0 aromatic heterocycles. The summed E-state index contributed by atoms with van der Waals surface area (Å²) in [5.41, 5.74) is 1.02. The van der Waals surface area contributed by atoms with Gasteiger partial charge in [-0.25, -0.2) is 14.0 Å². The summed E-state index contributed by atoms with van der Waals surface area (Å²) in [6, 6.07) is 4.61. The quantitative estimate of drug-likeness (QED) is 0.362. The van der Waals surface area contributed by atoms with Crippen LogP contribution in [0.3, 0.4) is 0 Å². The van der Waals surface area contributed by atoms with Crippen molar-refractivity contribution in [3.63, 3.8) is 0 Å². The van der Waals surface area contributed by atoms with Crippen molar-refractivity contribution in [3.8, 4) is 0 Å². The Balaban J connectivity index is 2.17. The van der Waals surface area contributed by atoms with E-state index in [1.165, 1.54) is 12.3 Å². The zero-order chi connectivity index (χ0) is 16.8. The molecule has 0 heterocycles. The van der Waals surface area contributed by atoms with Crippen molar-refractivity contribution in [2.75, 3.05) is 18.5 Å². The molecule has 0 radical (unpaired) electrons. The highest BCUT2D eigenvalue weighted by atomic mass is 19.1. The van der Waals surface area contributed by atoms with Gasteiger partial charge < -0.3 is 14.8 Å². The summed E-state index contributed by atoms with van der Waals surface area (Å²) in [4.78, 5) is 23.7. The highest BCUT2D eigenvalue weighted by molar-refractivity contribution is 6.14. The van der Waals surface area contributed by atoms with Gasteiger partial charge >= 0.3 is 11.9 Å². The molecule has 1 aromatic rings. The molecule has 0 saturated heterocycles. The number of halogens is 1. The van der Waals surface area contributed by atoms with E-state index in [2.05, 4.69) is 5.32 Å². The highest BCUT2D eigenvalue weighted by Gasteiger charge is 2.26. The smallest absolute Gasteiger partial charge is 0.347 e. The van der Waals surface area contributed by atoms with Gasteiger partial charge in [-0.3, -0.25) is 0 Å². The molecule has 1 N–H and O–H groups in total. The monoisotopic (exact) mass is 321 g/mol. The van der Waals surface area contributed by atoms with E-state index in [1.54, 1.807) is 26.0 Å². The van der Waals surface area contributed by atoms with E-state index in [-0.39, 0.29) is 30.5 Å². The van der Waals surface area contributed by atoms with Gasteiger partial charge in [0.25, 0.3) is 0 Å². The number of hydrogen-bond acceptors (Lipinski definition) is 5. The SMILES string of the molecule is CCOC(=O)C(=CNc1ccc(F)c(C2CC2)c1)C(=O)OCC. The maximum atomic E-state index is 13.7. The molecule has 2 rings (SSSR count). The van der Waals surface area contributed by atoms with E-state index < -0.39 is 11.9 Å². The second-order valence-electron chi connectivity index (χ2n) is 5.15. The van der Waals surface area contributed by atoms with E-state index in [1.807, 2.05) is 0 Å². The molecule has 5 nitrogen and oxygen atoms in total. The Morgan fingerprint density at radius 3 is 2.35 bits per heavy atom. The van der Waals surface area contributed by atoms with Crippen LogP contribution < -0.4 is 5.32 Å². The summed E-state index contributed by atoms with van der Waals surface area (Å²) in [5.74, 6) is -1.50. The van der Waals surface area contributed by atoms with Gasteiger partial charge in [-0.1, -0.05) is 0 Å². The fourth-order valence-corrected chi connectivity index (χ4v) is 2.12. The van der Waals surface area contributed by atoms with Crippen LogP contribution in [0.4, 0.5) is 10.1 Å². The minimum Gasteiger partial charge on any atom is -0.462 e. The van der Waals surface area contributed by atoms with Crippen molar-refractivity contribution in [2.24, 2.45) is 0 Å². The van der Waals surface area contributed by atoms with Gasteiger partial charge in [0.15, 0.2) is 5.57 Å². The number of nitrogens with one attached hydrogen (secondary N) is 1. The Morgan fingerprint density at radius 1 is 1.22 bits per heavy atom. The van der Waals surface area contributed by atoms with Gasteiger partial charge in [0, 0.05) is 11.9 Å². The zero-order valence-electron chi connectivity index (χ0n) is 13.2. The lowest BCUT2D eigenvalue weighted by atomic mass is 10.1. The summed E-state index contributed by atoms with van der Waals surface area (Å²) in [6.45, 7) is 3.60. The Hall–Kier alpha value is -2.37. The topological polar surface area (TPSA) is 64.6 Å². The van der Waals surface area contributed by atoms with Crippen molar-refractivity contribution < 1.29 is 23.5 Å². The average molecular weight is 321 g/mol. The van der Waals surface area contributed by atoms with E-state index in [0.29, 0.717) is 11.3 Å². The lowest BCUT2D eigenvalue weighted by Gasteiger charge is -2.09. The molecule has 1 saturated carbocycles. The normalized spacial score (nSPS) is 13.2. The van der Waals surface area contributed by atoms with E-state index in [0.717, 1.165) is 12.8 Å². The van der Waals surface area contributed by atoms with Crippen LogP contribution in [0.1, 0.15) is 38.2 Å². The fraction of sp³-hybridized carbons (Fsp3) is 0.412. The number of anilines is 1. The van der Waals surface area contributed by atoms with Gasteiger partial charge in [0.1, 0.15) is 5.82 Å². The van der Waals surface area contributed by atoms with Crippen LogP contribution in [-0.2, 0) is 19.1 Å². The molecule has 0 amide bonds. The van der Waals surface area contributed by atoms with Crippen LogP contribution in [0.5, 0.6) is 0 Å². The van der Waals surface area contributed by atoms with Crippen molar-refractivity contribution in [2.45, 2.75) is 32.6 Å². The molecule has 1 fully saturated rings. The third kappa shape index (κ3) is 4.55.